The van der Waals surface area contributed by atoms with Crippen LogP contribution in [0.5, 0.6) is 5.75 Å². The number of aromatic hydroxyl groups is 1. The topological polar surface area (TPSA) is 216 Å². The number of aliphatic hydroxyl groups excluding tert-OH is 7. The van der Waals surface area contributed by atoms with E-state index < -0.39 is 80.6 Å². The van der Waals surface area contributed by atoms with Gasteiger partial charge in [-0.15, -0.1) is 0 Å². The Morgan fingerprint density at radius 3 is 2.12 bits per heavy atom. The Hall–Kier alpha value is -1.91. The molecule has 0 aliphatic carbocycles. The molecule has 2 heterocycles. The van der Waals surface area contributed by atoms with Crippen LogP contribution in [0.25, 0.3) is 0 Å². The van der Waals surface area contributed by atoms with Gasteiger partial charge in [-0.05, 0) is 24.3 Å². The van der Waals surface area contributed by atoms with Crippen molar-refractivity contribution in [1.29, 1.82) is 0 Å². The molecule has 0 saturated carbocycles. The number of esters is 1. The highest BCUT2D eigenvalue weighted by atomic mass is 16.8. The van der Waals surface area contributed by atoms with E-state index in [-0.39, 0.29) is 11.3 Å². The van der Waals surface area contributed by atoms with Gasteiger partial charge < -0.3 is 59.8 Å². The maximum Gasteiger partial charge on any atom is 0.338 e. The standard InChI is InChI=1S/C19H26O13/c20-5-10-12(24)13(25)14(26)18(29-10)32-19(7-22)16(27)15(11(6-21)31-19)30-17(28)8-1-3-9(23)4-2-8/h1-4,10-16,18,20-27H,5-7H2/t10-,11-,12-,13+,14-,15-,16+,18+,19+/m0/s1. The van der Waals surface area contributed by atoms with Crippen molar-refractivity contribution in [2.24, 2.45) is 0 Å². The van der Waals surface area contributed by atoms with Gasteiger partial charge in [0.05, 0.1) is 18.8 Å². The number of rotatable bonds is 7. The highest BCUT2D eigenvalue weighted by molar-refractivity contribution is 5.89. The summed E-state index contributed by atoms with van der Waals surface area (Å²) in [5.74, 6) is -3.38. The fraction of sp³-hybridized carbons (Fsp3) is 0.632. The monoisotopic (exact) mass is 462 g/mol. The second-order valence-electron chi connectivity index (χ2n) is 7.49. The Bertz CT molecular complexity index is 771. The van der Waals surface area contributed by atoms with E-state index in [0.29, 0.717) is 0 Å². The van der Waals surface area contributed by atoms with E-state index in [1.165, 1.54) is 24.3 Å². The minimum Gasteiger partial charge on any atom is -0.508 e. The van der Waals surface area contributed by atoms with Gasteiger partial charge in [0.1, 0.15) is 49.0 Å². The lowest BCUT2D eigenvalue weighted by atomic mass is 9.99. The molecule has 0 radical (unpaired) electrons. The summed E-state index contributed by atoms with van der Waals surface area (Å²) in [6.45, 7) is -2.55. The Kier molecular flexibility index (Phi) is 7.67. The molecule has 13 heteroatoms. The van der Waals surface area contributed by atoms with E-state index in [9.17, 15) is 45.6 Å². The molecule has 1 aromatic rings. The zero-order chi connectivity index (χ0) is 23.6. The number of carbonyl (C=O) groups is 1. The summed E-state index contributed by atoms with van der Waals surface area (Å²) in [4.78, 5) is 12.4. The van der Waals surface area contributed by atoms with E-state index in [1.807, 2.05) is 0 Å². The van der Waals surface area contributed by atoms with Gasteiger partial charge in [-0.25, -0.2) is 4.79 Å². The number of phenolic OH excluding ortho intramolecular Hbond substituents is 1. The van der Waals surface area contributed by atoms with Crippen LogP contribution in [-0.2, 0) is 18.9 Å². The minimum atomic E-state index is -2.36. The van der Waals surface area contributed by atoms with Gasteiger partial charge in [-0.1, -0.05) is 0 Å². The van der Waals surface area contributed by atoms with Crippen molar-refractivity contribution in [3.05, 3.63) is 29.8 Å². The van der Waals surface area contributed by atoms with Crippen molar-refractivity contribution < 1.29 is 64.6 Å². The van der Waals surface area contributed by atoms with Gasteiger partial charge in [-0.3, -0.25) is 0 Å². The maximum atomic E-state index is 12.4. The molecule has 2 fully saturated rings. The molecule has 1 aromatic carbocycles. The third-order valence-corrected chi connectivity index (χ3v) is 5.39. The van der Waals surface area contributed by atoms with Crippen LogP contribution in [0.3, 0.4) is 0 Å². The first kappa shape index (κ1) is 24.7. The zero-order valence-electron chi connectivity index (χ0n) is 16.7. The molecular formula is C19H26O13. The molecule has 32 heavy (non-hydrogen) atoms. The van der Waals surface area contributed by atoms with E-state index in [1.54, 1.807) is 0 Å². The lowest BCUT2D eigenvalue weighted by molar-refractivity contribution is -0.383. The first-order chi connectivity index (χ1) is 15.2. The second kappa shape index (κ2) is 9.93. The summed E-state index contributed by atoms with van der Waals surface area (Å²) in [6, 6.07) is 5.00. The van der Waals surface area contributed by atoms with E-state index in [0.717, 1.165) is 0 Å². The molecule has 0 bridgehead atoms. The summed E-state index contributed by atoms with van der Waals surface area (Å²) in [7, 11) is 0. The summed E-state index contributed by atoms with van der Waals surface area (Å²) in [5.41, 5.74) is 0.0167. The molecule has 2 aliphatic heterocycles. The first-order valence-electron chi connectivity index (χ1n) is 9.73. The molecule has 180 valence electrons. The van der Waals surface area contributed by atoms with Crippen LogP contribution >= 0.6 is 0 Å². The molecule has 8 N–H and O–H groups in total. The molecule has 2 aliphatic rings. The van der Waals surface area contributed by atoms with Crippen LogP contribution in [0.4, 0.5) is 0 Å². The second-order valence-corrected chi connectivity index (χ2v) is 7.49. The molecular weight excluding hydrogens is 436 g/mol. The van der Waals surface area contributed by atoms with Gasteiger partial charge in [0.25, 0.3) is 0 Å². The molecule has 0 amide bonds. The lowest BCUT2D eigenvalue weighted by Crippen LogP contribution is -2.62. The summed E-state index contributed by atoms with van der Waals surface area (Å²) >= 11 is 0. The maximum absolute atomic E-state index is 12.4. The van der Waals surface area contributed by atoms with Gasteiger partial charge in [0.15, 0.2) is 12.4 Å². The molecule has 2 saturated heterocycles. The fourth-order valence-electron chi connectivity index (χ4n) is 3.54. The minimum absolute atomic E-state index is 0.0167. The summed E-state index contributed by atoms with van der Waals surface area (Å²) in [6.07, 6.45) is -13.2. The number of carbonyl (C=O) groups excluding carboxylic acids is 1. The number of ether oxygens (including phenoxy) is 4. The normalized spacial score (nSPS) is 39.7. The van der Waals surface area contributed by atoms with Gasteiger partial charge in [-0.2, -0.15) is 0 Å². The SMILES string of the molecule is O=C(O[C@H]1[C@H](CO)O[C@](CO)(O[C@H]2O[C@@H](CO)[C@H](O)[C@@H](O)[C@@H]2O)[C@@H]1O)c1ccc(O)cc1. The predicted octanol–water partition coefficient (Wildman–Crippen LogP) is -3.83. The number of phenols is 1. The smallest absolute Gasteiger partial charge is 0.338 e. The Morgan fingerprint density at radius 1 is 0.938 bits per heavy atom. The summed E-state index contributed by atoms with van der Waals surface area (Å²) < 4.78 is 21.3. The lowest BCUT2D eigenvalue weighted by Gasteiger charge is -2.43. The van der Waals surface area contributed by atoms with Crippen molar-refractivity contribution in [3.63, 3.8) is 0 Å². The van der Waals surface area contributed by atoms with Crippen LogP contribution < -0.4 is 0 Å². The van der Waals surface area contributed by atoms with Crippen LogP contribution in [0.15, 0.2) is 24.3 Å². The van der Waals surface area contributed by atoms with Gasteiger partial charge in [0, 0.05) is 0 Å². The van der Waals surface area contributed by atoms with Crippen LogP contribution in [0.2, 0.25) is 0 Å². The number of aliphatic hydroxyl groups is 7. The van der Waals surface area contributed by atoms with Crippen LogP contribution in [0.1, 0.15) is 10.4 Å². The van der Waals surface area contributed by atoms with Crippen molar-refractivity contribution >= 4 is 5.97 Å². The molecule has 0 spiro atoms. The molecule has 9 atom stereocenters. The third-order valence-electron chi connectivity index (χ3n) is 5.39. The summed E-state index contributed by atoms with van der Waals surface area (Å²) in [5, 5.41) is 78.9. The van der Waals surface area contributed by atoms with Gasteiger partial charge in [0.2, 0.25) is 5.79 Å². The Balaban J connectivity index is 1.79. The van der Waals surface area contributed by atoms with Crippen molar-refractivity contribution in [3.8, 4) is 5.75 Å². The first-order valence-corrected chi connectivity index (χ1v) is 9.73. The van der Waals surface area contributed by atoms with Crippen LogP contribution in [-0.4, -0.2) is 121 Å². The van der Waals surface area contributed by atoms with Crippen molar-refractivity contribution in [2.45, 2.75) is 54.8 Å². The Labute approximate surface area is 181 Å². The highest BCUT2D eigenvalue weighted by Gasteiger charge is 2.60. The molecule has 13 nitrogen and oxygen atoms in total. The molecule has 0 unspecified atom stereocenters. The molecule has 0 aromatic heterocycles. The largest absolute Gasteiger partial charge is 0.508 e. The third kappa shape index (κ3) is 4.58. The van der Waals surface area contributed by atoms with E-state index in [2.05, 4.69) is 0 Å². The number of benzene rings is 1. The van der Waals surface area contributed by atoms with Crippen molar-refractivity contribution in [1.82, 2.24) is 0 Å². The van der Waals surface area contributed by atoms with Gasteiger partial charge >= 0.3 is 5.97 Å². The fourth-order valence-corrected chi connectivity index (χ4v) is 3.54. The predicted molar refractivity (Wildman–Crippen MR) is 99.9 cm³/mol. The average molecular weight is 462 g/mol. The quantitative estimate of drug-likeness (QED) is 0.183. The van der Waals surface area contributed by atoms with E-state index in [4.69, 9.17) is 18.9 Å². The van der Waals surface area contributed by atoms with Crippen LogP contribution in [0, 0.1) is 0 Å². The van der Waals surface area contributed by atoms with E-state index >= 15 is 0 Å². The zero-order valence-corrected chi connectivity index (χ0v) is 16.7. The number of hydrogen-bond donors (Lipinski definition) is 8. The Morgan fingerprint density at radius 2 is 1.56 bits per heavy atom. The highest BCUT2D eigenvalue weighted by Crippen LogP contribution is 2.37. The van der Waals surface area contributed by atoms with Crippen molar-refractivity contribution in [2.75, 3.05) is 19.8 Å². The molecule has 3 rings (SSSR count). The average Bonchev–Trinajstić information content (AvgIpc) is 3.05. The number of hydrogen-bond acceptors (Lipinski definition) is 13.